The maximum absolute atomic E-state index is 12.1. The van der Waals surface area contributed by atoms with Crippen molar-refractivity contribution in [1.82, 2.24) is 10.2 Å². The molecular formula is C16H17N3O5S. The number of rotatable bonds is 4. The summed E-state index contributed by atoms with van der Waals surface area (Å²) >= 11 is 1.28. The molecule has 2 atom stereocenters. The van der Waals surface area contributed by atoms with Crippen LogP contribution in [-0.2, 0) is 19.1 Å². The molecule has 2 aliphatic rings. The Kier molecular flexibility index (Phi) is 4.93. The minimum absolute atomic E-state index is 0.158. The van der Waals surface area contributed by atoms with Crippen molar-refractivity contribution in [2.24, 2.45) is 0 Å². The van der Waals surface area contributed by atoms with Crippen LogP contribution >= 0.6 is 11.8 Å². The number of hydrogen-bond donors (Lipinski definition) is 2. The number of anilines is 1. The average Bonchev–Trinajstić information content (AvgIpc) is 3.00. The lowest BCUT2D eigenvalue weighted by Gasteiger charge is -2.24. The van der Waals surface area contributed by atoms with Crippen molar-refractivity contribution in [3.8, 4) is 0 Å². The number of hydrogen-bond acceptors (Lipinski definition) is 6. The average molecular weight is 363 g/mol. The monoisotopic (exact) mass is 363 g/mol. The minimum atomic E-state index is -1.08. The zero-order valence-electron chi connectivity index (χ0n) is 13.5. The summed E-state index contributed by atoms with van der Waals surface area (Å²) in [7, 11) is 0. The highest BCUT2D eigenvalue weighted by atomic mass is 32.2. The standard InChI is InChI=1S/C16H17N3O5S/c1-9(15(22)19-7-6-17-16(19)23)24-13(20)8-12-14(21)18-10-4-2-3-5-11(10)25-12/h2-5,9,12H,6-8H2,1H3,(H,17,23)(H,18,21)/t9-,12-/m1/s1. The molecule has 0 aliphatic carbocycles. The van der Waals surface area contributed by atoms with Crippen LogP contribution in [0.5, 0.6) is 0 Å². The normalized spacial score (nSPS) is 20.4. The molecule has 2 N–H and O–H groups in total. The molecule has 3 rings (SSSR count). The Morgan fingerprint density at radius 3 is 2.84 bits per heavy atom. The van der Waals surface area contributed by atoms with Gasteiger partial charge in [-0.05, 0) is 19.1 Å². The molecule has 2 aliphatic heterocycles. The van der Waals surface area contributed by atoms with Crippen LogP contribution in [0.4, 0.5) is 10.5 Å². The van der Waals surface area contributed by atoms with Crippen molar-refractivity contribution in [3.05, 3.63) is 24.3 Å². The molecule has 0 bridgehead atoms. The molecule has 0 unspecified atom stereocenters. The maximum atomic E-state index is 12.1. The molecule has 2 heterocycles. The van der Waals surface area contributed by atoms with E-state index in [1.54, 1.807) is 6.07 Å². The van der Waals surface area contributed by atoms with Crippen molar-refractivity contribution in [3.63, 3.8) is 0 Å². The number of carbonyl (C=O) groups is 4. The fourth-order valence-corrected chi connectivity index (χ4v) is 3.67. The third-order valence-electron chi connectivity index (χ3n) is 3.84. The number of para-hydroxylation sites is 1. The lowest BCUT2D eigenvalue weighted by atomic mass is 10.2. The van der Waals surface area contributed by atoms with Gasteiger partial charge in [0, 0.05) is 18.0 Å². The van der Waals surface area contributed by atoms with E-state index in [0.717, 1.165) is 9.80 Å². The lowest BCUT2D eigenvalue weighted by Crippen LogP contribution is -2.42. The molecule has 0 aromatic heterocycles. The number of fused-ring (bicyclic) bond motifs is 1. The van der Waals surface area contributed by atoms with Crippen LogP contribution in [-0.4, -0.2) is 53.2 Å². The van der Waals surface area contributed by atoms with Crippen molar-refractivity contribution < 1.29 is 23.9 Å². The Hall–Kier alpha value is -2.55. The number of nitrogens with one attached hydrogen (secondary N) is 2. The van der Waals surface area contributed by atoms with E-state index in [9.17, 15) is 19.2 Å². The highest BCUT2D eigenvalue weighted by Gasteiger charge is 2.34. The van der Waals surface area contributed by atoms with E-state index in [1.807, 2.05) is 18.2 Å². The molecule has 0 spiro atoms. The Bertz CT molecular complexity index is 738. The lowest BCUT2D eigenvalue weighted by molar-refractivity contribution is -0.157. The number of benzene rings is 1. The van der Waals surface area contributed by atoms with Crippen LogP contribution in [0.1, 0.15) is 13.3 Å². The van der Waals surface area contributed by atoms with Crippen LogP contribution < -0.4 is 10.6 Å². The van der Waals surface area contributed by atoms with Gasteiger partial charge < -0.3 is 15.4 Å². The summed E-state index contributed by atoms with van der Waals surface area (Å²) < 4.78 is 5.11. The van der Waals surface area contributed by atoms with Gasteiger partial charge >= 0.3 is 12.0 Å². The highest BCUT2D eigenvalue weighted by molar-refractivity contribution is 8.01. The smallest absolute Gasteiger partial charge is 0.324 e. The summed E-state index contributed by atoms with van der Waals surface area (Å²) in [6.45, 7) is 2.04. The van der Waals surface area contributed by atoms with E-state index < -0.39 is 29.3 Å². The third kappa shape index (κ3) is 3.76. The number of imide groups is 1. The van der Waals surface area contributed by atoms with Crippen LogP contribution in [0.3, 0.4) is 0 Å². The molecule has 1 fully saturated rings. The summed E-state index contributed by atoms with van der Waals surface area (Å²) in [5.74, 6) is -1.51. The number of amides is 4. The van der Waals surface area contributed by atoms with E-state index in [1.165, 1.54) is 18.7 Å². The fraction of sp³-hybridized carbons (Fsp3) is 0.375. The first-order chi connectivity index (χ1) is 12.0. The fourth-order valence-electron chi connectivity index (χ4n) is 2.58. The van der Waals surface area contributed by atoms with E-state index in [-0.39, 0.29) is 18.9 Å². The summed E-state index contributed by atoms with van der Waals surface area (Å²) in [6, 6.07) is 6.81. The Labute approximate surface area is 148 Å². The van der Waals surface area contributed by atoms with E-state index in [2.05, 4.69) is 10.6 Å². The molecule has 132 valence electrons. The SMILES string of the molecule is C[C@@H](OC(=O)C[C@H]1Sc2ccccc2NC1=O)C(=O)N1CCNC1=O. The predicted octanol–water partition coefficient (Wildman–Crippen LogP) is 0.973. The Morgan fingerprint density at radius 1 is 1.36 bits per heavy atom. The second-order valence-electron chi connectivity index (χ2n) is 5.65. The summed E-state index contributed by atoms with van der Waals surface area (Å²) in [6.07, 6.45) is -1.24. The van der Waals surface area contributed by atoms with Crippen LogP contribution in [0, 0.1) is 0 Å². The quantitative estimate of drug-likeness (QED) is 0.773. The molecule has 0 saturated carbocycles. The zero-order chi connectivity index (χ0) is 18.0. The van der Waals surface area contributed by atoms with Crippen molar-refractivity contribution >= 4 is 41.3 Å². The van der Waals surface area contributed by atoms with Crippen LogP contribution in [0.25, 0.3) is 0 Å². The van der Waals surface area contributed by atoms with Gasteiger partial charge in [-0.15, -0.1) is 11.8 Å². The van der Waals surface area contributed by atoms with Crippen molar-refractivity contribution in [1.29, 1.82) is 0 Å². The predicted molar refractivity (Wildman–Crippen MR) is 90.0 cm³/mol. The Morgan fingerprint density at radius 2 is 2.12 bits per heavy atom. The summed E-state index contributed by atoms with van der Waals surface area (Å²) in [5, 5.41) is 4.63. The largest absolute Gasteiger partial charge is 0.452 e. The van der Waals surface area contributed by atoms with E-state index >= 15 is 0 Å². The van der Waals surface area contributed by atoms with Crippen molar-refractivity contribution in [2.75, 3.05) is 18.4 Å². The molecule has 1 aromatic rings. The van der Waals surface area contributed by atoms with Gasteiger partial charge in [0.25, 0.3) is 5.91 Å². The van der Waals surface area contributed by atoms with Gasteiger partial charge in [0.15, 0.2) is 6.10 Å². The van der Waals surface area contributed by atoms with Crippen molar-refractivity contribution in [2.45, 2.75) is 29.6 Å². The van der Waals surface area contributed by atoms with Gasteiger partial charge in [0.05, 0.1) is 17.4 Å². The first-order valence-corrected chi connectivity index (χ1v) is 8.69. The first-order valence-electron chi connectivity index (χ1n) is 7.81. The summed E-state index contributed by atoms with van der Waals surface area (Å²) in [4.78, 5) is 49.7. The molecule has 0 radical (unpaired) electrons. The topological polar surface area (TPSA) is 105 Å². The molecular weight excluding hydrogens is 346 g/mol. The Balaban J connectivity index is 1.56. The number of carbonyl (C=O) groups excluding carboxylic acids is 4. The first kappa shape index (κ1) is 17.3. The van der Waals surface area contributed by atoms with Gasteiger partial charge in [-0.25, -0.2) is 4.79 Å². The van der Waals surface area contributed by atoms with Gasteiger partial charge in [-0.2, -0.15) is 0 Å². The number of esters is 1. The second-order valence-corrected chi connectivity index (χ2v) is 6.89. The molecule has 25 heavy (non-hydrogen) atoms. The molecule has 4 amide bonds. The molecule has 1 aromatic carbocycles. The van der Waals surface area contributed by atoms with Gasteiger partial charge in [-0.3, -0.25) is 19.3 Å². The number of urea groups is 1. The second kappa shape index (κ2) is 7.14. The third-order valence-corrected chi connectivity index (χ3v) is 5.11. The molecule has 9 heteroatoms. The number of thioether (sulfide) groups is 1. The molecule has 1 saturated heterocycles. The number of nitrogens with zero attached hydrogens (tertiary/aromatic N) is 1. The van der Waals surface area contributed by atoms with Gasteiger partial charge in [0.1, 0.15) is 0 Å². The maximum Gasteiger partial charge on any atom is 0.324 e. The molecule has 8 nitrogen and oxygen atoms in total. The van der Waals surface area contributed by atoms with Gasteiger partial charge in [-0.1, -0.05) is 12.1 Å². The number of ether oxygens (including phenoxy) is 1. The zero-order valence-corrected chi connectivity index (χ0v) is 14.3. The van der Waals surface area contributed by atoms with E-state index in [0.29, 0.717) is 12.2 Å². The summed E-state index contributed by atoms with van der Waals surface area (Å²) in [5.41, 5.74) is 0.714. The highest BCUT2D eigenvalue weighted by Crippen LogP contribution is 2.36. The van der Waals surface area contributed by atoms with E-state index in [4.69, 9.17) is 4.74 Å². The van der Waals surface area contributed by atoms with Crippen LogP contribution in [0.2, 0.25) is 0 Å². The van der Waals surface area contributed by atoms with Gasteiger partial charge in [0.2, 0.25) is 5.91 Å². The minimum Gasteiger partial charge on any atom is -0.452 e. The van der Waals surface area contributed by atoms with Crippen LogP contribution in [0.15, 0.2) is 29.2 Å².